The predicted octanol–water partition coefficient (Wildman–Crippen LogP) is 7.33. The van der Waals surface area contributed by atoms with Crippen LogP contribution in [0.2, 0.25) is 0 Å². The zero-order valence-corrected chi connectivity index (χ0v) is 15.6. The van der Waals surface area contributed by atoms with Crippen molar-refractivity contribution in [2.75, 3.05) is 0 Å². The first-order chi connectivity index (χ1) is 10.2. The molecule has 0 spiro atoms. The Hall–Kier alpha value is -1.30. The lowest BCUT2D eigenvalue weighted by Crippen LogP contribution is -2.02. The first kappa shape index (κ1) is 17.1. The van der Waals surface area contributed by atoms with Gasteiger partial charge in [0.05, 0.1) is 0 Å². The zero-order chi connectivity index (χ0) is 16.6. The molecule has 2 aromatic rings. The highest BCUT2D eigenvalue weighted by Gasteiger charge is 2.15. The van der Waals surface area contributed by atoms with Crippen LogP contribution >= 0.6 is 0 Å². The summed E-state index contributed by atoms with van der Waals surface area (Å²) in [5.74, 6) is 2.31. The maximum atomic E-state index is 2.44. The fraction of sp³-hybridized carbons (Fsp3) is 0.545. The summed E-state index contributed by atoms with van der Waals surface area (Å²) in [7, 11) is 0. The summed E-state index contributed by atoms with van der Waals surface area (Å²) in [6, 6.07) is 9.74. The van der Waals surface area contributed by atoms with E-state index in [1.165, 1.54) is 33.0 Å². The van der Waals surface area contributed by atoms with Crippen molar-refractivity contribution in [2.45, 2.75) is 79.1 Å². The van der Waals surface area contributed by atoms with Crippen LogP contribution in [0, 0.1) is 0 Å². The third kappa shape index (κ3) is 3.21. The summed E-state index contributed by atoms with van der Waals surface area (Å²) in [4.78, 5) is 0. The van der Waals surface area contributed by atoms with E-state index >= 15 is 0 Å². The summed E-state index contributed by atoms with van der Waals surface area (Å²) in [6.45, 7) is 18.4. The Morgan fingerprint density at radius 2 is 0.591 bits per heavy atom. The SMILES string of the molecule is CC(C)c1cc2cc(C(C)C)c(C(C)C)cc2cc1C(C)C. The molecule has 0 N–H and O–H groups in total. The first-order valence-corrected chi connectivity index (χ1v) is 8.83. The van der Waals surface area contributed by atoms with Gasteiger partial charge in [-0.2, -0.15) is 0 Å². The smallest absolute Gasteiger partial charge is 0.0178 e. The van der Waals surface area contributed by atoms with Crippen molar-refractivity contribution in [2.24, 2.45) is 0 Å². The highest BCUT2D eigenvalue weighted by Crippen LogP contribution is 2.35. The van der Waals surface area contributed by atoms with Crippen LogP contribution in [0.25, 0.3) is 10.8 Å². The van der Waals surface area contributed by atoms with Gasteiger partial charge in [0.1, 0.15) is 0 Å². The van der Waals surface area contributed by atoms with Crippen molar-refractivity contribution in [1.82, 2.24) is 0 Å². The topological polar surface area (TPSA) is 0 Å². The average molecular weight is 296 g/mol. The van der Waals surface area contributed by atoms with Gasteiger partial charge in [-0.3, -0.25) is 0 Å². The molecule has 0 saturated heterocycles. The number of hydrogen-bond donors (Lipinski definition) is 0. The quantitative estimate of drug-likeness (QED) is 0.554. The van der Waals surface area contributed by atoms with Gasteiger partial charge >= 0.3 is 0 Å². The molecule has 2 rings (SSSR count). The molecule has 0 radical (unpaired) electrons. The van der Waals surface area contributed by atoms with Crippen molar-refractivity contribution in [3.05, 3.63) is 46.5 Å². The molecule has 0 nitrogen and oxygen atoms in total. The highest BCUT2D eigenvalue weighted by molar-refractivity contribution is 5.86. The zero-order valence-electron chi connectivity index (χ0n) is 15.6. The Labute approximate surface area is 136 Å². The third-order valence-electron chi connectivity index (χ3n) is 4.73. The molecule has 0 heterocycles. The lowest BCUT2D eigenvalue weighted by molar-refractivity contribution is 0.787. The van der Waals surface area contributed by atoms with E-state index in [1.54, 1.807) is 0 Å². The van der Waals surface area contributed by atoms with Gasteiger partial charge in [0.25, 0.3) is 0 Å². The van der Waals surface area contributed by atoms with Crippen LogP contribution in [-0.4, -0.2) is 0 Å². The molecule has 0 heteroatoms. The standard InChI is InChI=1S/C22H32/c1-13(2)19-9-17-11-21(15(5)6)22(16(7)8)12-18(17)10-20(19)14(3)4/h9-16H,1-8H3. The van der Waals surface area contributed by atoms with Crippen molar-refractivity contribution in [1.29, 1.82) is 0 Å². The van der Waals surface area contributed by atoms with Gasteiger partial charge in [-0.1, -0.05) is 79.7 Å². The van der Waals surface area contributed by atoms with E-state index in [4.69, 9.17) is 0 Å². The lowest BCUT2D eigenvalue weighted by atomic mass is 9.84. The van der Waals surface area contributed by atoms with Crippen LogP contribution in [0.3, 0.4) is 0 Å². The van der Waals surface area contributed by atoms with Gasteiger partial charge in [-0.05, 0) is 56.7 Å². The molecule has 0 aliphatic carbocycles. The molecule has 0 saturated carbocycles. The second-order valence-corrected chi connectivity index (χ2v) is 7.93. The second-order valence-electron chi connectivity index (χ2n) is 7.93. The summed E-state index contributed by atoms with van der Waals surface area (Å²) >= 11 is 0. The van der Waals surface area contributed by atoms with Crippen molar-refractivity contribution >= 4 is 10.8 Å². The normalized spacial score (nSPS) is 12.4. The minimum absolute atomic E-state index is 0.578. The molecule has 0 fully saturated rings. The van der Waals surface area contributed by atoms with Crippen molar-refractivity contribution in [3.63, 3.8) is 0 Å². The van der Waals surface area contributed by atoms with Crippen molar-refractivity contribution in [3.8, 4) is 0 Å². The number of benzene rings is 2. The molecular weight excluding hydrogens is 264 g/mol. The highest BCUT2D eigenvalue weighted by atomic mass is 14.2. The van der Waals surface area contributed by atoms with Gasteiger partial charge in [-0.25, -0.2) is 0 Å². The van der Waals surface area contributed by atoms with Gasteiger partial charge in [0.15, 0.2) is 0 Å². The van der Waals surface area contributed by atoms with E-state index in [-0.39, 0.29) is 0 Å². The molecule has 22 heavy (non-hydrogen) atoms. The van der Waals surface area contributed by atoms with Gasteiger partial charge in [0.2, 0.25) is 0 Å². The average Bonchev–Trinajstić information content (AvgIpc) is 2.43. The fourth-order valence-electron chi connectivity index (χ4n) is 3.42. The summed E-state index contributed by atoms with van der Waals surface area (Å²) in [5, 5.41) is 2.81. The predicted molar refractivity (Wildman–Crippen MR) is 100 cm³/mol. The van der Waals surface area contributed by atoms with E-state index < -0.39 is 0 Å². The van der Waals surface area contributed by atoms with Gasteiger partial charge in [0, 0.05) is 0 Å². The van der Waals surface area contributed by atoms with Crippen LogP contribution in [-0.2, 0) is 0 Å². The molecule has 0 atom stereocenters. The molecule has 0 aromatic heterocycles. The lowest BCUT2D eigenvalue weighted by Gasteiger charge is -2.21. The van der Waals surface area contributed by atoms with E-state index in [9.17, 15) is 0 Å². The minimum Gasteiger partial charge on any atom is -0.0587 e. The van der Waals surface area contributed by atoms with Gasteiger partial charge in [-0.15, -0.1) is 0 Å². The third-order valence-corrected chi connectivity index (χ3v) is 4.73. The Morgan fingerprint density at radius 3 is 0.727 bits per heavy atom. The Balaban J connectivity index is 2.78. The van der Waals surface area contributed by atoms with Crippen LogP contribution in [0.15, 0.2) is 24.3 Å². The van der Waals surface area contributed by atoms with Gasteiger partial charge < -0.3 is 0 Å². The minimum atomic E-state index is 0.578. The van der Waals surface area contributed by atoms with Crippen LogP contribution < -0.4 is 0 Å². The number of fused-ring (bicyclic) bond motifs is 1. The monoisotopic (exact) mass is 296 g/mol. The van der Waals surface area contributed by atoms with E-state index in [2.05, 4.69) is 79.7 Å². The first-order valence-electron chi connectivity index (χ1n) is 8.83. The number of rotatable bonds is 4. The maximum absolute atomic E-state index is 2.44. The summed E-state index contributed by atoms with van der Waals surface area (Å²) < 4.78 is 0. The Kier molecular flexibility index (Phi) is 5.00. The fourth-order valence-corrected chi connectivity index (χ4v) is 3.42. The van der Waals surface area contributed by atoms with E-state index in [0.717, 1.165) is 0 Å². The Morgan fingerprint density at radius 1 is 0.409 bits per heavy atom. The van der Waals surface area contributed by atoms with Crippen LogP contribution in [0.4, 0.5) is 0 Å². The second kappa shape index (κ2) is 6.44. The van der Waals surface area contributed by atoms with Crippen molar-refractivity contribution < 1.29 is 0 Å². The molecule has 0 aliphatic rings. The molecule has 0 bridgehead atoms. The molecular formula is C22H32. The number of hydrogen-bond acceptors (Lipinski definition) is 0. The molecule has 2 aromatic carbocycles. The van der Waals surface area contributed by atoms with E-state index in [1.807, 2.05) is 0 Å². The summed E-state index contributed by atoms with van der Waals surface area (Å²) in [5.41, 5.74) is 6.04. The largest absolute Gasteiger partial charge is 0.0587 e. The van der Waals surface area contributed by atoms with E-state index in [0.29, 0.717) is 23.7 Å². The Bertz CT molecular complexity index is 544. The maximum Gasteiger partial charge on any atom is -0.0178 e. The molecule has 120 valence electrons. The van der Waals surface area contributed by atoms with Crippen LogP contribution in [0.1, 0.15) is 101 Å². The summed E-state index contributed by atoms with van der Waals surface area (Å²) in [6.07, 6.45) is 0. The van der Waals surface area contributed by atoms with Crippen LogP contribution in [0.5, 0.6) is 0 Å². The molecule has 0 amide bonds. The molecule has 0 aliphatic heterocycles. The molecule has 0 unspecified atom stereocenters.